The zero-order valence-corrected chi connectivity index (χ0v) is 20.7. The van der Waals surface area contributed by atoms with E-state index in [2.05, 4.69) is 99.7 Å². The van der Waals surface area contributed by atoms with E-state index in [1.54, 1.807) is 6.20 Å². The zero-order chi connectivity index (χ0) is 23.8. The lowest BCUT2D eigenvalue weighted by Crippen LogP contribution is -2.45. The maximum absolute atomic E-state index is 13.7. The molecule has 33 heavy (non-hydrogen) atoms. The summed E-state index contributed by atoms with van der Waals surface area (Å²) in [4.78, 5) is 13.7. The number of benzene rings is 2. The molecule has 0 radical (unpaired) electrons. The first-order valence-electron chi connectivity index (χ1n) is 12.0. The first-order chi connectivity index (χ1) is 15.7. The Morgan fingerprint density at radius 1 is 1.12 bits per heavy atom. The summed E-state index contributed by atoms with van der Waals surface area (Å²) in [6.07, 6.45) is 4.23. The van der Waals surface area contributed by atoms with E-state index in [1.807, 2.05) is 10.7 Å². The van der Waals surface area contributed by atoms with Crippen LogP contribution < -0.4 is 10.6 Å². The summed E-state index contributed by atoms with van der Waals surface area (Å²) in [5.74, 6) is 0.703. The number of nitrogens with zero attached hydrogens (tertiary/aromatic N) is 2. The van der Waals surface area contributed by atoms with E-state index in [1.165, 1.54) is 16.7 Å². The molecule has 0 fully saturated rings. The molecule has 1 aliphatic rings. The van der Waals surface area contributed by atoms with Gasteiger partial charge >= 0.3 is 0 Å². The second-order valence-corrected chi connectivity index (χ2v) is 9.99. The Labute approximate surface area is 197 Å². The third-order valence-corrected chi connectivity index (χ3v) is 7.42. The van der Waals surface area contributed by atoms with Crippen molar-refractivity contribution in [2.24, 2.45) is 0 Å². The molecular weight excluding hydrogens is 408 g/mol. The smallest absolute Gasteiger partial charge is 0.257 e. The predicted molar refractivity (Wildman–Crippen MR) is 135 cm³/mol. The highest BCUT2D eigenvalue weighted by atomic mass is 16.1. The van der Waals surface area contributed by atoms with Crippen LogP contribution in [-0.4, -0.2) is 15.7 Å². The van der Waals surface area contributed by atoms with Crippen LogP contribution in [0.15, 0.2) is 54.7 Å². The van der Waals surface area contributed by atoms with Gasteiger partial charge in [-0.05, 0) is 69.2 Å². The predicted octanol–water partition coefficient (Wildman–Crippen LogP) is 6.24. The summed E-state index contributed by atoms with van der Waals surface area (Å²) in [7, 11) is 0. The maximum atomic E-state index is 13.7. The highest BCUT2D eigenvalue weighted by Crippen LogP contribution is 2.40. The van der Waals surface area contributed by atoms with E-state index in [-0.39, 0.29) is 17.5 Å². The largest absolute Gasteiger partial charge is 0.363 e. The molecule has 0 aliphatic carbocycles. The third kappa shape index (κ3) is 4.17. The Morgan fingerprint density at radius 3 is 2.45 bits per heavy atom. The molecule has 0 bridgehead atoms. The van der Waals surface area contributed by atoms with Crippen molar-refractivity contribution in [2.75, 3.05) is 5.32 Å². The van der Waals surface area contributed by atoms with Gasteiger partial charge in [0.05, 0.1) is 23.3 Å². The number of carbonyl (C=O) groups excluding carboxylic acids is 1. The van der Waals surface area contributed by atoms with Gasteiger partial charge in [0, 0.05) is 0 Å². The molecule has 0 saturated carbocycles. The normalized spacial score (nSPS) is 17.2. The molecule has 174 valence electrons. The van der Waals surface area contributed by atoms with E-state index in [0.717, 1.165) is 30.6 Å². The second kappa shape index (κ2) is 8.69. The highest BCUT2D eigenvalue weighted by molar-refractivity contribution is 5.99. The number of fused-ring (bicyclic) bond motifs is 1. The quantitative estimate of drug-likeness (QED) is 0.473. The van der Waals surface area contributed by atoms with Crippen LogP contribution >= 0.6 is 0 Å². The summed E-state index contributed by atoms with van der Waals surface area (Å²) >= 11 is 0. The Hall–Kier alpha value is -3.08. The number of anilines is 1. The zero-order valence-electron chi connectivity index (χ0n) is 20.7. The minimum absolute atomic E-state index is 0.0878. The molecule has 2 aromatic carbocycles. The van der Waals surface area contributed by atoms with Gasteiger partial charge in [0.25, 0.3) is 5.91 Å². The lowest BCUT2D eigenvalue weighted by Gasteiger charge is -2.39. The number of hydrogen-bond donors (Lipinski definition) is 2. The van der Waals surface area contributed by atoms with Crippen LogP contribution in [0.1, 0.15) is 85.6 Å². The summed E-state index contributed by atoms with van der Waals surface area (Å²) < 4.78 is 1.97. The van der Waals surface area contributed by atoms with Gasteiger partial charge in [0.1, 0.15) is 11.4 Å². The van der Waals surface area contributed by atoms with E-state index < -0.39 is 5.54 Å². The summed E-state index contributed by atoms with van der Waals surface area (Å²) in [5.41, 5.74) is 4.84. The van der Waals surface area contributed by atoms with Gasteiger partial charge in [0.15, 0.2) is 0 Å². The van der Waals surface area contributed by atoms with E-state index in [0.29, 0.717) is 5.56 Å². The lowest BCUT2D eigenvalue weighted by atomic mass is 9.83. The fourth-order valence-electron chi connectivity index (χ4n) is 5.03. The van der Waals surface area contributed by atoms with Crippen LogP contribution in [-0.2, 0) is 11.1 Å². The Balaban J connectivity index is 1.68. The van der Waals surface area contributed by atoms with Crippen molar-refractivity contribution in [1.29, 1.82) is 0 Å². The van der Waals surface area contributed by atoms with Gasteiger partial charge in [-0.25, -0.2) is 4.68 Å². The van der Waals surface area contributed by atoms with Crippen molar-refractivity contribution in [2.45, 2.75) is 77.9 Å². The molecule has 5 heteroatoms. The van der Waals surface area contributed by atoms with Gasteiger partial charge < -0.3 is 10.6 Å². The monoisotopic (exact) mass is 444 g/mol. The van der Waals surface area contributed by atoms with E-state index in [9.17, 15) is 4.79 Å². The number of rotatable bonds is 6. The first-order valence-corrected chi connectivity index (χ1v) is 12.0. The van der Waals surface area contributed by atoms with Crippen molar-refractivity contribution in [1.82, 2.24) is 15.1 Å². The van der Waals surface area contributed by atoms with E-state index in [4.69, 9.17) is 0 Å². The number of hydrogen-bond acceptors (Lipinski definition) is 3. The first kappa shape index (κ1) is 23.1. The average molecular weight is 445 g/mol. The Kier molecular flexibility index (Phi) is 6.08. The molecule has 1 aromatic heterocycles. The standard InChI is InChI=1S/C28H36N4O/c1-7-28(8-2,22-15-14-19(3)20(4)16-22)31-26(33)23-18-29-32-25(23)30-24(17-27(32,5)6)21-12-10-9-11-13-21/h9-16,18,24,30H,7-8,17H2,1-6H3,(H,31,33). The van der Waals surface area contributed by atoms with E-state index >= 15 is 0 Å². The number of amides is 1. The molecule has 1 amide bonds. The number of nitrogens with one attached hydrogen (secondary N) is 2. The topological polar surface area (TPSA) is 59.0 Å². The van der Waals surface area contributed by atoms with Gasteiger partial charge in [-0.3, -0.25) is 4.79 Å². The lowest BCUT2D eigenvalue weighted by molar-refractivity contribution is 0.0890. The van der Waals surface area contributed by atoms with Crippen molar-refractivity contribution in [3.05, 3.63) is 82.5 Å². The minimum atomic E-state index is -0.423. The van der Waals surface area contributed by atoms with Crippen LogP contribution in [0.5, 0.6) is 0 Å². The minimum Gasteiger partial charge on any atom is -0.363 e. The molecule has 2 N–H and O–H groups in total. The van der Waals surface area contributed by atoms with Crippen molar-refractivity contribution in [3.63, 3.8) is 0 Å². The molecule has 1 aliphatic heterocycles. The molecule has 1 atom stereocenters. The molecule has 3 aromatic rings. The van der Waals surface area contributed by atoms with Crippen LogP contribution in [0.25, 0.3) is 0 Å². The molecule has 0 saturated heterocycles. The van der Waals surface area contributed by atoms with Crippen LogP contribution in [0.3, 0.4) is 0 Å². The van der Waals surface area contributed by atoms with Crippen LogP contribution in [0.2, 0.25) is 0 Å². The third-order valence-electron chi connectivity index (χ3n) is 7.42. The van der Waals surface area contributed by atoms with Crippen LogP contribution in [0.4, 0.5) is 5.82 Å². The SMILES string of the molecule is CCC(CC)(NC(=O)c1cnn2c1NC(c1ccccc1)CC2(C)C)c1ccc(C)c(C)c1. The summed E-state index contributed by atoms with van der Waals surface area (Å²) in [5, 5.41) is 11.6. The summed E-state index contributed by atoms with van der Waals surface area (Å²) in [6.45, 7) is 12.9. The molecule has 2 heterocycles. The average Bonchev–Trinajstić information content (AvgIpc) is 3.25. The van der Waals surface area contributed by atoms with Crippen molar-refractivity contribution < 1.29 is 4.79 Å². The second-order valence-electron chi connectivity index (χ2n) is 9.99. The highest BCUT2D eigenvalue weighted by Gasteiger charge is 2.38. The van der Waals surface area contributed by atoms with Gasteiger partial charge in [0.2, 0.25) is 0 Å². The molecule has 4 rings (SSSR count). The van der Waals surface area contributed by atoms with Crippen molar-refractivity contribution in [3.8, 4) is 0 Å². The fourth-order valence-corrected chi connectivity index (χ4v) is 5.03. The van der Waals surface area contributed by atoms with Gasteiger partial charge in [-0.15, -0.1) is 0 Å². The van der Waals surface area contributed by atoms with Crippen LogP contribution in [0, 0.1) is 13.8 Å². The fraction of sp³-hybridized carbons (Fsp3) is 0.429. The number of carbonyl (C=O) groups is 1. The number of aromatic nitrogens is 2. The Bertz CT molecular complexity index is 1140. The Morgan fingerprint density at radius 2 is 1.82 bits per heavy atom. The maximum Gasteiger partial charge on any atom is 0.257 e. The summed E-state index contributed by atoms with van der Waals surface area (Å²) in [6, 6.07) is 17.1. The molecule has 5 nitrogen and oxygen atoms in total. The van der Waals surface area contributed by atoms with Gasteiger partial charge in [-0.2, -0.15) is 5.10 Å². The molecular formula is C28H36N4O. The van der Waals surface area contributed by atoms with Gasteiger partial charge in [-0.1, -0.05) is 62.4 Å². The number of aryl methyl sites for hydroxylation is 2. The molecule has 0 spiro atoms. The van der Waals surface area contributed by atoms with Crippen molar-refractivity contribution >= 4 is 11.7 Å². The molecule has 1 unspecified atom stereocenters.